The first-order valence-corrected chi connectivity index (χ1v) is 8.52. The molecule has 0 aliphatic rings. The highest BCUT2D eigenvalue weighted by Crippen LogP contribution is 2.33. The molecular formula is C18H25ClN2O. The van der Waals surface area contributed by atoms with E-state index in [0.29, 0.717) is 10.9 Å². The molecule has 0 spiro atoms. The van der Waals surface area contributed by atoms with E-state index in [1.54, 1.807) is 6.26 Å². The Morgan fingerprint density at radius 2 is 1.82 bits per heavy atom. The highest BCUT2D eigenvalue weighted by atomic mass is 35.5. The van der Waals surface area contributed by atoms with Crippen LogP contribution in [-0.2, 0) is 0 Å². The van der Waals surface area contributed by atoms with Gasteiger partial charge in [0, 0.05) is 12.6 Å². The number of furan rings is 1. The molecule has 0 atom stereocenters. The van der Waals surface area contributed by atoms with Gasteiger partial charge < -0.3 is 15.1 Å². The van der Waals surface area contributed by atoms with E-state index in [9.17, 15) is 0 Å². The van der Waals surface area contributed by atoms with Gasteiger partial charge >= 0.3 is 0 Å². The van der Waals surface area contributed by atoms with Gasteiger partial charge in [-0.2, -0.15) is 0 Å². The molecule has 2 N–H and O–H groups in total. The van der Waals surface area contributed by atoms with Crippen molar-refractivity contribution < 1.29 is 4.42 Å². The zero-order valence-electron chi connectivity index (χ0n) is 13.2. The van der Waals surface area contributed by atoms with E-state index in [-0.39, 0.29) is 0 Å². The molecule has 0 saturated heterocycles. The number of nitrogens with one attached hydrogen (secondary N) is 2. The lowest BCUT2D eigenvalue weighted by molar-refractivity contribution is 0.585. The third-order valence-corrected chi connectivity index (χ3v) is 3.94. The highest BCUT2D eigenvalue weighted by molar-refractivity contribution is 6.34. The zero-order valence-corrected chi connectivity index (χ0v) is 14.0. The molecule has 0 bridgehead atoms. The number of rotatable bonds is 10. The van der Waals surface area contributed by atoms with Crippen molar-refractivity contribution in [1.29, 1.82) is 0 Å². The lowest BCUT2D eigenvalue weighted by Crippen LogP contribution is -2.04. The maximum absolute atomic E-state index is 6.30. The van der Waals surface area contributed by atoms with Crippen LogP contribution in [0.3, 0.4) is 0 Å². The van der Waals surface area contributed by atoms with Crippen molar-refractivity contribution in [1.82, 2.24) is 0 Å². The molecule has 4 heteroatoms. The van der Waals surface area contributed by atoms with Crippen LogP contribution in [0.4, 0.5) is 17.3 Å². The van der Waals surface area contributed by atoms with Crippen molar-refractivity contribution in [2.75, 3.05) is 17.2 Å². The smallest absolute Gasteiger partial charge is 0.197 e. The fourth-order valence-corrected chi connectivity index (χ4v) is 2.62. The lowest BCUT2D eigenvalue weighted by Gasteiger charge is -2.14. The summed E-state index contributed by atoms with van der Waals surface area (Å²) >= 11 is 6.30. The molecule has 1 aromatic heterocycles. The largest absolute Gasteiger partial charge is 0.449 e. The Kier molecular flexibility index (Phi) is 7.17. The van der Waals surface area contributed by atoms with Crippen LogP contribution in [0.5, 0.6) is 0 Å². The average Bonchev–Trinajstić information content (AvgIpc) is 3.02. The molecule has 0 unspecified atom stereocenters. The third kappa shape index (κ3) is 5.30. The van der Waals surface area contributed by atoms with E-state index in [2.05, 4.69) is 17.6 Å². The Hall–Kier alpha value is -1.61. The van der Waals surface area contributed by atoms with E-state index in [0.717, 1.165) is 17.9 Å². The van der Waals surface area contributed by atoms with E-state index in [1.807, 2.05) is 30.3 Å². The molecule has 3 nitrogen and oxygen atoms in total. The van der Waals surface area contributed by atoms with Crippen molar-refractivity contribution in [3.8, 4) is 0 Å². The van der Waals surface area contributed by atoms with Crippen molar-refractivity contribution >= 4 is 28.9 Å². The van der Waals surface area contributed by atoms with Crippen LogP contribution in [0.2, 0.25) is 5.02 Å². The number of anilines is 3. The van der Waals surface area contributed by atoms with Crippen LogP contribution >= 0.6 is 11.6 Å². The van der Waals surface area contributed by atoms with E-state index in [1.165, 1.54) is 38.5 Å². The first kappa shape index (κ1) is 16.8. The first-order chi connectivity index (χ1) is 10.8. The Bertz CT molecular complexity index is 540. The van der Waals surface area contributed by atoms with Gasteiger partial charge in [0.2, 0.25) is 0 Å². The Morgan fingerprint density at radius 1 is 1.00 bits per heavy atom. The highest BCUT2D eigenvalue weighted by Gasteiger charge is 2.08. The summed E-state index contributed by atoms with van der Waals surface area (Å²) in [5.74, 6) is 0.690. The van der Waals surface area contributed by atoms with Gasteiger partial charge in [0.1, 0.15) is 0 Å². The van der Waals surface area contributed by atoms with Crippen LogP contribution in [0.15, 0.2) is 41.0 Å². The van der Waals surface area contributed by atoms with Gasteiger partial charge in [0.15, 0.2) is 5.88 Å². The molecule has 0 radical (unpaired) electrons. The van der Waals surface area contributed by atoms with Gasteiger partial charge in [-0.15, -0.1) is 0 Å². The molecule has 0 amide bonds. The summed E-state index contributed by atoms with van der Waals surface area (Å²) in [7, 11) is 0. The number of benzene rings is 1. The molecule has 22 heavy (non-hydrogen) atoms. The normalized spacial score (nSPS) is 10.6. The average molecular weight is 321 g/mol. The van der Waals surface area contributed by atoms with Crippen molar-refractivity contribution in [3.05, 3.63) is 41.6 Å². The van der Waals surface area contributed by atoms with Crippen molar-refractivity contribution in [2.24, 2.45) is 0 Å². The summed E-state index contributed by atoms with van der Waals surface area (Å²) in [6.45, 7) is 3.20. The van der Waals surface area contributed by atoms with E-state index in [4.69, 9.17) is 16.0 Å². The minimum Gasteiger partial charge on any atom is -0.449 e. The summed E-state index contributed by atoms with van der Waals surface area (Å²) in [6, 6.07) is 9.60. The number of halogens is 1. The second kappa shape index (κ2) is 9.42. The molecule has 1 heterocycles. The zero-order chi connectivity index (χ0) is 15.6. The molecule has 2 aromatic rings. The number of hydrogen-bond acceptors (Lipinski definition) is 3. The predicted molar refractivity (Wildman–Crippen MR) is 95.3 cm³/mol. The van der Waals surface area contributed by atoms with Gasteiger partial charge in [-0.1, -0.05) is 56.7 Å². The standard InChI is InChI=1S/C18H25ClN2O/c1-2-3-4-5-6-7-13-20-16-11-8-10-15(19)18(16)21-17-12-9-14-22-17/h8-12,14,20-21H,2-7,13H2,1H3. The van der Waals surface area contributed by atoms with Gasteiger partial charge in [0.25, 0.3) is 0 Å². The maximum atomic E-state index is 6.30. The summed E-state index contributed by atoms with van der Waals surface area (Å²) in [5, 5.41) is 7.38. The maximum Gasteiger partial charge on any atom is 0.197 e. The molecule has 0 aliphatic carbocycles. The summed E-state index contributed by atoms with van der Waals surface area (Å²) in [4.78, 5) is 0. The van der Waals surface area contributed by atoms with Crippen LogP contribution in [0, 0.1) is 0 Å². The van der Waals surface area contributed by atoms with Crippen molar-refractivity contribution in [3.63, 3.8) is 0 Å². The fourth-order valence-electron chi connectivity index (χ4n) is 2.40. The van der Waals surface area contributed by atoms with Gasteiger partial charge in [-0.3, -0.25) is 0 Å². The molecule has 1 aromatic carbocycles. The summed E-state index contributed by atoms with van der Waals surface area (Å²) < 4.78 is 5.33. The molecule has 2 rings (SSSR count). The minimum atomic E-state index is 0.685. The Balaban J connectivity index is 1.84. The summed E-state index contributed by atoms with van der Waals surface area (Å²) in [5.41, 5.74) is 1.88. The SMILES string of the molecule is CCCCCCCCNc1cccc(Cl)c1Nc1ccco1. The fraction of sp³-hybridized carbons (Fsp3) is 0.444. The van der Waals surface area contributed by atoms with E-state index >= 15 is 0 Å². The molecule has 0 fully saturated rings. The molecule has 0 saturated carbocycles. The molecular weight excluding hydrogens is 296 g/mol. The van der Waals surface area contributed by atoms with Crippen LogP contribution in [-0.4, -0.2) is 6.54 Å². The number of unbranched alkanes of at least 4 members (excludes halogenated alkanes) is 5. The monoisotopic (exact) mass is 320 g/mol. The molecule has 0 aliphatic heterocycles. The lowest BCUT2D eigenvalue weighted by atomic mass is 10.1. The third-order valence-electron chi connectivity index (χ3n) is 3.63. The van der Waals surface area contributed by atoms with Gasteiger partial charge in [0.05, 0.1) is 22.7 Å². The van der Waals surface area contributed by atoms with Crippen LogP contribution in [0.25, 0.3) is 0 Å². The Labute approximate surface area is 138 Å². The quantitative estimate of drug-likeness (QED) is 0.494. The first-order valence-electron chi connectivity index (χ1n) is 8.14. The topological polar surface area (TPSA) is 37.2 Å². The summed E-state index contributed by atoms with van der Waals surface area (Å²) in [6.07, 6.45) is 9.40. The number of hydrogen-bond donors (Lipinski definition) is 2. The predicted octanol–water partition coefficient (Wildman–Crippen LogP) is 6.45. The second-order valence-electron chi connectivity index (χ2n) is 5.46. The van der Waals surface area contributed by atoms with Crippen LogP contribution in [0.1, 0.15) is 45.4 Å². The second-order valence-corrected chi connectivity index (χ2v) is 5.87. The number of para-hydroxylation sites is 1. The molecule has 120 valence electrons. The Morgan fingerprint density at radius 3 is 2.59 bits per heavy atom. The minimum absolute atomic E-state index is 0.685. The van der Waals surface area contributed by atoms with Crippen LogP contribution < -0.4 is 10.6 Å². The van der Waals surface area contributed by atoms with Gasteiger partial charge in [-0.25, -0.2) is 0 Å². The van der Waals surface area contributed by atoms with E-state index < -0.39 is 0 Å². The van der Waals surface area contributed by atoms with Gasteiger partial charge in [-0.05, 0) is 24.6 Å². The van der Waals surface area contributed by atoms with Crippen molar-refractivity contribution in [2.45, 2.75) is 45.4 Å².